The van der Waals surface area contributed by atoms with Crippen molar-refractivity contribution in [3.63, 3.8) is 0 Å². The van der Waals surface area contributed by atoms with E-state index < -0.39 is 0 Å². The highest BCUT2D eigenvalue weighted by Crippen LogP contribution is 2.29. The highest BCUT2D eigenvalue weighted by molar-refractivity contribution is 6.34. The van der Waals surface area contributed by atoms with Gasteiger partial charge >= 0.3 is 0 Å². The first kappa shape index (κ1) is 15.8. The van der Waals surface area contributed by atoms with E-state index >= 15 is 0 Å². The number of ether oxygens (including phenoxy) is 1. The zero-order valence-electron chi connectivity index (χ0n) is 10.7. The summed E-state index contributed by atoms with van der Waals surface area (Å²) >= 11 is 18.0. The Labute approximate surface area is 136 Å². The van der Waals surface area contributed by atoms with Crippen LogP contribution in [0, 0.1) is 0 Å². The Bertz CT molecular complexity index is 690. The van der Waals surface area contributed by atoms with Crippen LogP contribution in [0.3, 0.4) is 0 Å². The molecule has 2 rings (SSSR count). The molecule has 2 aromatic carbocycles. The fourth-order valence-electron chi connectivity index (χ4n) is 1.62. The van der Waals surface area contributed by atoms with E-state index in [0.29, 0.717) is 26.4 Å². The van der Waals surface area contributed by atoms with Gasteiger partial charge in [-0.3, -0.25) is 0 Å². The minimum absolute atomic E-state index is 0.0118. The summed E-state index contributed by atoms with van der Waals surface area (Å²) in [6.45, 7) is 0.218. The van der Waals surface area contributed by atoms with Crippen molar-refractivity contribution in [1.82, 2.24) is 0 Å². The second-order valence-electron chi connectivity index (χ2n) is 4.15. The molecule has 0 fully saturated rings. The molecule has 0 aliphatic heterocycles. The number of amidine groups is 1. The molecule has 0 unspecified atom stereocenters. The lowest BCUT2D eigenvalue weighted by molar-refractivity contribution is 0.306. The van der Waals surface area contributed by atoms with Gasteiger partial charge in [-0.05, 0) is 18.2 Å². The first-order valence-electron chi connectivity index (χ1n) is 5.85. The standard InChI is InChI=1S/C14H11Cl3N2O2/c15-10-3-4-11(16)13(6-10)21-7-9-2-1-8(5-12(9)17)14(18)19-20/h1-6,20H,7H2,(H2,18,19). The van der Waals surface area contributed by atoms with Crippen molar-refractivity contribution in [3.05, 3.63) is 62.6 Å². The minimum Gasteiger partial charge on any atom is -0.487 e. The van der Waals surface area contributed by atoms with Gasteiger partial charge in [0.25, 0.3) is 0 Å². The summed E-state index contributed by atoms with van der Waals surface area (Å²) < 4.78 is 5.60. The van der Waals surface area contributed by atoms with Gasteiger partial charge in [0, 0.05) is 27.2 Å². The summed E-state index contributed by atoms with van der Waals surface area (Å²) in [7, 11) is 0. The van der Waals surface area contributed by atoms with Crippen LogP contribution in [-0.2, 0) is 6.61 Å². The zero-order valence-corrected chi connectivity index (χ0v) is 13.0. The van der Waals surface area contributed by atoms with E-state index in [2.05, 4.69) is 5.16 Å². The van der Waals surface area contributed by atoms with Crippen molar-refractivity contribution in [2.24, 2.45) is 10.9 Å². The highest BCUT2D eigenvalue weighted by Gasteiger charge is 2.08. The second kappa shape index (κ2) is 6.89. The average Bonchev–Trinajstić information content (AvgIpc) is 2.48. The van der Waals surface area contributed by atoms with Crippen LogP contribution in [0.25, 0.3) is 0 Å². The van der Waals surface area contributed by atoms with Gasteiger partial charge in [-0.25, -0.2) is 0 Å². The molecule has 0 radical (unpaired) electrons. The van der Waals surface area contributed by atoms with Gasteiger partial charge in [0.2, 0.25) is 0 Å². The van der Waals surface area contributed by atoms with E-state index in [1.54, 1.807) is 36.4 Å². The molecule has 0 heterocycles. The zero-order chi connectivity index (χ0) is 15.4. The summed E-state index contributed by atoms with van der Waals surface area (Å²) in [5, 5.41) is 13.0. The van der Waals surface area contributed by atoms with E-state index in [1.165, 1.54) is 0 Å². The summed E-state index contributed by atoms with van der Waals surface area (Å²) in [5.74, 6) is 0.461. The number of oxime groups is 1. The normalized spacial score (nSPS) is 11.5. The van der Waals surface area contributed by atoms with Gasteiger partial charge in [-0.1, -0.05) is 52.1 Å². The maximum Gasteiger partial charge on any atom is 0.170 e. The first-order valence-corrected chi connectivity index (χ1v) is 6.99. The molecule has 3 N–H and O–H groups in total. The van der Waals surface area contributed by atoms with Crippen LogP contribution >= 0.6 is 34.8 Å². The molecular weight excluding hydrogens is 335 g/mol. The Balaban J connectivity index is 2.15. The van der Waals surface area contributed by atoms with Crippen LogP contribution in [0.4, 0.5) is 0 Å². The number of benzene rings is 2. The van der Waals surface area contributed by atoms with E-state index in [1.807, 2.05) is 0 Å². The topological polar surface area (TPSA) is 67.8 Å². The van der Waals surface area contributed by atoms with Crippen LogP contribution < -0.4 is 10.5 Å². The van der Waals surface area contributed by atoms with Crippen LogP contribution in [0.2, 0.25) is 15.1 Å². The first-order chi connectivity index (χ1) is 10.0. The third kappa shape index (κ3) is 3.94. The van der Waals surface area contributed by atoms with Gasteiger partial charge in [0.15, 0.2) is 5.84 Å². The van der Waals surface area contributed by atoms with Gasteiger partial charge in [-0.2, -0.15) is 0 Å². The van der Waals surface area contributed by atoms with Crippen molar-refractivity contribution < 1.29 is 9.94 Å². The number of rotatable bonds is 4. The Hall–Kier alpha value is -1.62. The molecule has 0 spiro atoms. The quantitative estimate of drug-likeness (QED) is 0.375. The summed E-state index contributed by atoms with van der Waals surface area (Å²) in [5.41, 5.74) is 6.75. The van der Waals surface area contributed by atoms with Crippen molar-refractivity contribution in [3.8, 4) is 5.75 Å². The Morgan fingerprint density at radius 3 is 2.52 bits per heavy atom. The lowest BCUT2D eigenvalue weighted by Crippen LogP contribution is -2.13. The number of hydrogen-bond acceptors (Lipinski definition) is 3. The largest absolute Gasteiger partial charge is 0.487 e. The number of nitrogens with two attached hydrogens (primary N) is 1. The predicted octanol–water partition coefficient (Wildman–Crippen LogP) is 4.32. The highest BCUT2D eigenvalue weighted by atomic mass is 35.5. The Morgan fingerprint density at radius 1 is 1.10 bits per heavy atom. The summed E-state index contributed by atoms with van der Waals surface area (Å²) in [4.78, 5) is 0. The van der Waals surface area contributed by atoms with E-state index in [-0.39, 0.29) is 12.4 Å². The van der Waals surface area contributed by atoms with Crippen LogP contribution in [0.5, 0.6) is 5.75 Å². The van der Waals surface area contributed by atoms with Gasteiger partial charge in [-0.15, -0.1) is 0 Å². The third-order valence-electron chi connectivity index (χ3n) is 2.73. The van der Waals surface area contributed by atoms with Crippen molar-refractivity contribution in [2.75, 3.05) is 0 Å². The molecule has 2 aromatic rings. The second-order valence-corrected chi connectivity index (χ2v) is 5.41. The van der Waals surface area contributed by atoms with Gasteiger partial charge in [0.05, 0.1) is 5.02 Å². The summed E-state index contributed by atoms with van der Waals surface area (Å²) in [6, 6.07) is 9.96. The monoisotopic (exact) mass is 344 g/mol. The third-order valence-corrected chi connectivity index (χ3v) is 3.63. The van der Waals surface area contributed by atoms with Crippen LogP contribution in [0.1, 0.15) is 11.1 Å². The molecule has 21 heavy (non-hydrogen) atoms. The predicted molar refractivity (Wildman–Crippen MR) is 84.8 cm³/mol. The maximum absolute atomic E-state index is 8.62. The SMILES string of the molecule is N/C(=N/O)c1ccc(COc2cc(Cl)ccc2Cl)c(Cl)c1. The molecule has 0 aliphatic carbocycles. The van der Waals surface area contributed by atoms with Gasteiger partial charge < -0.3 is 15.7 Å². The molecule has 0 atom stereocenters. The van der Waals surface area contributed by atoms with Crippen LogP contribution in [0.15, 0.2) is 41.6 Å². The van der Waals surface area contributed by atoms with E-state index in [4.69, 9.17) is 50.5 Å². The van der Waals surface area contributed by atoms with Crippen molar-refractivity contribution in [1.29, 1.82) is 0 Å². The Kier molecular flexibility index (Phi) is 5.17. The smallest absolute Gasteiger partial charge is 0.170 e. The molecule has 0 saturated heterocycles. The molecular formula is C14H11Cl3N2O2. The lowest BCUT2D eigenvalue weighted by Gasteiger charge is -2.10. The summed E-state index contributed by atoms with van der Waals surface area (Å²) in [6.07, 6.45) is 0. The van der Waals surface area contributed by atoms with Crippen molar-refractivity contribution in [2.45, 2.75) is 6.61 Å². The minimum atomic E-state index is -0.0118. The number of halogens is 3. The fraction of sp³-hybridized carbons (Fsp3) is 0.0714. The van der Waals surface area contributed by atoms with Crippen LogP contribution in [-0.4, -0.2) is 11.0 Å². The maximum atomic E-state index is 8.62. The molecule has 0 bridgehead atoms. The molecule has 0 aliphatic rings. The number of hydrogen-bond donors (Lipinski definition) is 2. The molecule has 0 amide bonds. The van der Waals surface area contributed by atoms with E-state index in [9.17, 15) is 0 Å². The molecule has 110 valence electrons. The molecule has 0 aromatic heterocycles. The fourth-order valence-corrected chi connectivity index (χ4v) is 2.19. The number of nitrogens with zero attached hydrogens (tertiary/aromatic N) is 1. The van der Waals surface area contributed by atoms with Crippen molar-refractivity contribution >= 4 is 40.6 Å². The van der Waals surface area contributed by atoms with E-state index in [0.717, 1.165) is 5.56 Å². The molecule has 0 saturated carbocycles. The Morgan fingerprint density at radius 2 is 1.86 bits per heavy atom. The molecule has 4 nitrogen and oxygen atoms in total. The van der Waals surface area contributed by atoms with Gasteiger partial charge in [0.1, 0.15) is 12.4 Å². The lowest BCUT2D eigenvalue weighted by atomic mass is 10.1. The molecule has 7 heteroatoms. The average molecular weight is 346 g/mol.